The van der Waals surface area contributed by atoms with Crippen molar-refractivity contribution in [2.75, 3.05) is 18.2 Å². The summed E-state index contributed by atoms with van der Waals surface area (Å²) in [4.78, 5) is 10.5. The minimum absolute atomic E-state index is 0.396. The van der Waals surface area contributed by atoms with Crippen LogP contribution in [0.25, 0.3) is 10.9 Å². The van der Waals surface area contributed by atoms with E-state index in [-0.39, 0.29) is 0 Å². The first-order valence-corrected chi connectivity index (χ1v) is 8.50. The molecule has 24 heavy (non-hydrogen) atoms. The number of aliphatic imine (C=N–C) groups is 1. The van der Waals surface area contributed by atoms with Crippen LogP contribution in [0.3, 0.4) is 0 Å². The SMILES string of the molecule is N#CC1(N2CN=C(C3=CCCCO3)c3c2[nH]c2ccccc32)CC1. The number of fused-ring (bicyclic) bond motifs is 3. The molecule has 0 bridgehead atoms. The van der Waals surface area contributed by atoms with Gasteiger partial charge in [0.25, 0.3) is 0 Å². The van der Waals surface area contributed by atoms with Crippen molar-refractivity contribution in [2.24, 2.45) is 4.99 Å². The number of nitrogens with one attached hydrogen (secondary N) is 1. The maximum atomic E-state index is 9.63. The van der Waals surface area contributed by atoms with Gasteiger partial charge in [-0.2, -0.15) is 5.26 Å². The zero-order chi connectivity index (χ0) is 16.1. The summed E-state index contributed by atoms with van der Waals surface area (Å²) < 4.78 is 5.89. The van der Waals surface area contributed by atoms with Crippen molar-refractivity contribution in [1.82, 2.24) is 4.98 Å². The van der Waals surface area contributed by atoms with E-state index in [4.69, 9.17) is 9.73 Å². The summed E-state index contributed by atoms with van der Waals surface area (Å²) in [6, 6.07) is 10.7. The van der Waals surface area contributed by atoms with Crippen LogP contribution in [0.5, 0.6) is 0 Å². The molecule has 0 saturated heterocycles. The quantitative estimate of drug-likeness (QED) is 0.922. The van der Waals surface area contributed by atoms with Crippen molar-refractivity contribution in [3.05, 3.63) is 41.7 Å². The van der Waals surface area contributed by atoms with Gasteiger partial charge in [0.2, 0.25) is 0 Å². The van der Waals surface area contributed by atoms with Gasteiger partial charge in [-0.3, -0.25) is 4.99 Å². The number of aromatic amines is 1. The Balaban J connectivity index is 1.72. The van der Waals surface area contributed by atoms with Gasteiger partial charge in [-0.05, 0) is 37.8 Å². The lowest BCUT2D eigenvalue weighted by atomic mass is 10.0. The van der Waals surface area contributed by atoms with Crippen molar-refractivity contribution in [1.29, 1.82) is 5.26 Å². The number of anilines is 1. The third kappa shape index (κ3) is 1.83. The maximum Gasteiger partial charge on any atom is 0.141 e. The highest BCUT2D eigenvalue weighted by atomic mass is 16.5. The molecule has 0 spiro atoms. The third-order valence-corrected chi connectivity index (χ3v) is 5.18. The second kappa shape index (κ2) is 4.88. The summed E-state index contributed by atoms with van der Waals surface area (Å²) in [6.07, 6.45) is 6.03. The maximum absolute atomic E-state index is 9.63. The largest absolute Gasteiger partial charge is 0.492 e. The molecule has 5 rings (SSSR count). The van der Waals surface area contributed by atoms with E-state index in [0.29, 0.717) is 6.67 Å². The summed E-state index contributed by atoms with van der Waals surface area (Å²) in [7, 11) is 0. The van der Waals surface area contributed by atoms with Crippen LogP contribution in [0.4, 0.5) is 5.82 Å². The van der Waals surface area contributed by atoms with Crippen LogP contribution in [0.1, 0.15) is 31.2 Å². The second-order valence-corrected chi connectivity index (χ2v) is 6.67. The minimum Gasteiger partial charge on any atom is -0.492 e. The topological polar surface area (TPSA) is 64.4 Å². The van der Waals surface area contributed by atoms with Crippen LogP contribution < -0.4 is 4.90 Å². The summed E-state index contributed by atoms with van der Waals surface area (Å²) in [5, 5.41) is 10.8. The van der Waals surface area contributed by atoms with Crippen LogP contribution >= 0.6 is 0 Å². The molecular weight excluding hydrogens is 300 g/mol. The number of allylic oxidation sites excluding steroid dienone is 2. The number of rotatable bonds is 2. The number of ether oxygens (including phenoxy) is 1. The van der Waals surface area contributed by atoms with Gasteiger partial charge in [-0.25, -0.2) is 0 Å². The van der Waals surface area contributed by atoms with Gasteiger partial charge >= 0.3 is 0 Å². The molecule has 0 radical (unpaired) electrons. The first-order valence-electron chi connectivity index (χ1n) is 8.50. The predicted molar refractivity (Wildman–Crippen MR) is 93.0 cm³/mol. The fraction of sp³-hybridized carbons (Fsp3) is 0.368. The molecule has 0 amide bonds. The Kier molecular flexibility index (Phi) is 2.78. The van der Waals surface area contributed by atoms with E-state index in [9.17, 15) is 5.26 Å². The Morgan fingerprint density at radius 3 is 2.92 bits per heavy atom. The second-order valence-electron chi connectivity index (χ2n) is 6.67. The summed E-state index contributed by atoms with van der Waals surface area (Å²) in [6.45, 7) is 1.25. The first kappa shape index (κ1) is 13.7. The highest BCUT2D eigenvalue weighted by molar-refractivity contribution is 6.22. The lowest BCUT2D eigenvalue weighted by molar-refractivity contribution is 0.212. The zero-order valence-electron chi connectivity index (χ0n) is 13.4. The lowest BCUT2D eigenvalue weighted by Gasteiger charge is -2.32. The van der Waals surface area contributed by atoms with Gasteiger partial charge in [-0.15, -0.1) is 0 Å². The van der Waals surface area contributed by atoms with Crippen LogP contribution in [0.2, 0.25) is 0 Å². The monoisotopic (exact) mass is 318 g/mol. The normalized spacial score (nSPS) is 21.4. The van der Waals surface area contributed by atoms with E-state index in [1.807, 2.05) is 12.1 Å². The molecule has 3 aliphatic rings. The lowest BCUT2D eigenvalue weighted by Crippen LogP contribution is -2.40. The number of hydrogen-bond acceptors (Lipinski definition) is 4. The predicted octanol–water partition coefficient (Wildman–Crippen LogP) is 3.48. The standard InChI is InChI=1S/C19H18N4O/c20-11-19(8-9-19)23-12-21-17(15-7-3-4-10-24-15)16-13-5-1-2-6-14(13)22-18(16)23/h1-2,5-7,22H,3-4,8-10,12H2. The number of hydrogen-bond donors (Lipinski definition) is 1. The molecule has 5 heteroatoms. The number of nitriles is 1. The molecular formula is C19H18N4O. The molecule has 3 heterocycles. The Hall–Kier alpha value is -2.74. The van der Waals surface area contributed by atoms with E-state index in [0.717, 1.165) is 66.0 Å². The van der Waals surface area contributed by atoms with Gasteiger partial charge in [0.15, 0.2) is 0 Å². The smallest absolute Gasteiger partial charge is 0.141 e. The van der Waals surface area contributed by atoms with E-state index < -0.39 is 5.54 Å². The molecule has 120 valence electrons. The highest BCUT2D eigenvalue weighted by Gasteiger charge is 2.51. The van der Waals surface area contributed by atoms with Gasteiger partial charge in [0.1, 0.15) is 29.5 Å². The Bertz CT molecular complexity index is 926. The Morgan fingerprint density at radius 2 is 2.17 bits per heavy atom. The van der Waals surface area contributed by atoms with Crippen molar-refractivity contribution >= 4 is 22.4 Å². The molecule has 2 aliphatic heterocycles. The van der Waals surface area contributed by atoms with Gasteiger partial charge in [-0.1, -0.05) is 18.2 Å². The molecule has 2 aromatic rings. The average molecular weight is 318 g/mol. The minimum atomic E-state index is -0.396. The molecule has 1 aliphatic carbocycles. The molecule has 1 fully saturated rings. The highest BCUT2D eigenvalue weighted by Crippen LogP contribution is 2.47. The molecule has 1 saturated carbocycles. The molecule has 1 aromatic heterocycles. The van der Waals surface area contributed by atoms with Crippen LogP contribution in [-0.4, -0.2) is 29.5 Å². The van der Waals surface area contributed by atoms with Gasteiger partial charge < -0.3 is 14.6 Å². The summed E-state index contributed by atoms with van der Waals surface area (Å²) in [5.74, 6) is 1.89. The molecule has 0 unspecified atom stereocenters. The summed E-state index contributed by atoms with van der Waals surface area (Å²) >= 11 is 0. The van der Waals surface area contributed by atoms with Crippen molar-refractivity contribution in [2.45, 2.75) is 31.2 Å². The summed E-state index contributed by atoms with van der Waals surface area (Å²) in [5.41, 5.74) is 2.68. The zero-order valence-corrected chi connectivity index (χ0v) is 13.4. The number of H-pyrrole nitrogens is 1. The van der Waals surface area contributed by atoms with Crippen LogP contribution in [0.15, 0.2) is 41.1 Å². The van der Waals surface area contributed by atoms with Gasteiger partial charge in [0, 0.05) is 10.9 Å². The molecule has 5 nitrogen and oxygen atoms in total. The van der Waals surface area contributed by atoms with E-state index in [1.54, 1.807) is 0 Å². The third-order valence-electron chi connectivity index (χ3n) is 5.18. The van der Waals surface area contributed by atoms with Gasteiger partial charge in [0.05, 0.1) is 18.2 Å². The fourth-order valence-corrected chi connectivity index (χ4v) is 3.69. The Morgan fingerprint density at radius 1 is 1.29 bits per heavy atom. The van der Waals surface area contributed by atoms with E-state index in [1.165, 1.54) is 0 Å². The first-order chi connectivity index (χ1) is 11.8. The number of aromatic nitrogens is 1. The molecule has 1 aromatic carbocycles. The fourth-order valence-electron chi connectivity index (χ4n) is 3.69. The van der Waals surface area contributed by atoms with Crippen LogP contribution in [-0.2, 0) is 4.74 Å². The van der Waals surface area contributed by atoms with Crippen molar-refractivity contribution in [3.63, 3.8) is 0 Å². The van der Waals surface area contributed by atoms with Crippen molar-refractivity contribution in [3.8, 4) is 6.07 Å². The van der Waals surface area contributed by atoms with Crippen molar-refractivity contribution < 1.29 is 4.74 Å². The van der Waals surface area contributed by atoms with E-state index >= 15 is 0 Å². The molecule has 1 N–H and O–H groups in total. The van der Waals surface area contributed by atoms with E-state index in [2.05, 4.69) is 34.2 Å². The molecule has 0 atom stereocenters. The Labute approximate surface area is 140 Å². The average Bonchev–Trinajstić information content (AvgIpc) is 3.35. The number of para-hydroxylation sites is 1. The number of benzene rings is 1. The number of nitrogens with zero attached hydrogens (tertiary/aromatic N) is 3. The van der Waals surface area contributed by atoms with Crippen LogP contribution in [0, 0.1) is 11.3 Å².